The second-order valence-electron chi connectivity index (χ2n) is 7.24. The second-order valence-corrected chi connectivity index (χ2v) is 8.92. The third kappa shape index (κ3) is 5.10. The number of thioether (sulfide) groups is 1. The number of carbonyl (C=O) groups excluding carboxylic acids is 1. The van der Waals surface area contributed by atoms with Crippen LogP contribution in [0.1, 0.15) is 57.9 Å². The van der Waals surface area contributed by atoms with Crippen LogP contribution in [0.5, 0.6) is 0 Å². The molecule has 1 saturated heterocycles. The molecule has 30 heavy (non-hydrogen) atoms. The molecule has 1 N–H and O–H groups in total. The van der Waals surface area contributed by atoms with Gasteiger partial charge in [-0.05, 0) is 31.6 Å². The zero-order chi connectivity index (χ0) is 21.5. The predicted octanol–water partition coefficient (Wildman–Crippen LogP) is 4.69. The normalized spacial score (nSPS) is 15.5. The third-order valence-electron chi connectivity index (χ3n) is 5.00. The number of aromatic nitrogens is 2. The first-order valence-electron chi connectivity index (χ1n) is 10.6. The van der Waals surface area contributed by atoms with E-state index in [0.717, 1.165) is 12.8 Å². The van der Waals surface area contributed by atoms with Crippen molar-refractivity contribution < 1.29 is 4.79 Å². The van der Waals surface area contributed by atoms with Crippen LogP contribution in [0.4, 0.5) is 5.82 Å². The molecule has 1 amide bonds. The van der Waals surface area contributed by atoms with Gasteiger partial charge in [0.05, 0.1) is 10.5 Å². The van der Waals surface area contributed by atoms with Crippen molar-refractivity contribution in [3.63, 3.8) is 0 Å². The summed E-state index contributed by atoms with van der Waals surface area (Å²) < 4.78 is 2.04. The van der Waals surface area contributed by atoms with E-state index in [-0.39, 0.29) is 11.5 Å². The lowest BCUT2D eigenvalue weighted by molar-refractivity contribution is -0.122. The number of pyridine rings is 1. The molecule has 0 saturated carbocycles. The molecule has 0 spiro atoms. The summed E-state index contributed by atoms with van der Waals surface area (Å²) >= 11 is 6.69. The molecular weight excluding hydrogens is 416 g/mol. The fourth-order valence-corrected chi connectivity index (χ4v) is 4.70. The van der Waals surface area contributed by atoms with Crippen molar-refractivity contribution in [1.82, 2.24) is 14.3 Å². The van der Waals surface area contributed by atoms with Crippen LogP contribution in [-0.2, 0) is 4.79 Å². The van der Waals surface area contributed by atoms with Crippen molar-refractivity contribution in [3.05, 3.63) is 45.2 Å². The molecule has 6 nitrogen and oxygen atoms in total. The van der Waals surface area contributed by atoms with Crippen LogP contribution >= 0.6 is 24.0 Å². The van der Waals surface area contributed by atoms with Gasteiger partial charge >= 0.3 is 0 Å². The smallest absolute Gasteiger partial charge is 0.267 e. The average molecular weight is 445 g/mol. The van der Waals surface area contributed by atoms with E-state index < -0.39 is 0 Å². The van der Waals surface area contributed by atoms with Crippen LogP contribution in [0.2, 0.25) is 0 Å². The van der Waals surface area contributed by atoms with Gasteiger partial charge in [-0.25, -0.2) is 4.98 Å². The van der Waals surface area contributed by atoms with Gasteiger partial charge in [-0.2, -0.15) is 0 Å². The Morgan fingerprint density at radius 2 is 1.90 bits per heavy atom. The standard InChI is InChI=1S/C22H28N4O2S2/c1-3-5-6-7-8-10-14-26-21(28)17(30-22(26)29)15-16-19(23-4-2)24-18-12-9-11-13-25(18)20(16)27/h9,11-13,15,23H,3-8,10,14H2,1-2H3. The highest BCUT2D eigenvalue weighted by Gasteiger charge is 2.32. The van der Waals surface area contributed by atoms with Crippen molar-refractivity contribution >= 4 is 51.7 Å². The average Bonchev–Trinajstić information content (AvgIpc) is 3.00. The second kappa shape index (κ2) is 10.7. The van der Waals surface area contributed by atoms with Crippen LogP contribution in [-0.4, -0.2) is 37.6 Å². The Labute approximate surface area is 186 Å². The molecule has 3 rings (SSSR count). The van der Waals surface area contributed by atoms with Crippen LogP contribution < -0.4 is 10.9 Å². The summed E-state index contributed by atoms with van der Waals surface area (Å²) in [4.78, 5) is 32.7. The first-order chi connectivity index (χ1) is 14.6. The van der Waals surface area contributed by atoms with Gasteiger partial charge in [-0.15, -0.1) is 0 Å². The van der Waals surface area contributed by atoms with E-state index in [4.69, 9.17) is 12.2 Å². The molecule has 1 aliphatic rings. The fraction of sp³-hybridized carbons (Fsp3) is 0.455. The van der Waals surface area contributed by atoms with Crippen molar-refractivity contribution in [2.45, 2.75) is 52.4 Å². The molecule has 8 heteroatoms. The number of anilines is 1. The van der Waals surface area contributed by atoms with Crippen molar-refractivity contribution in [2.75, 3.05) is 18.4 Å². The Hall–Kier alpha value is -2.19. The van der Waals surface area contributed by atoms with E-state index in [9.17, 15) is 9.59 Å². The Balaban J connectivity index is 1.81. The number of unbranched alkanes of at least 4 members (excludes halogenated alkanes) is 5. The van der Waals surface area contributed by atoms with Crippen LogP contribution in [0.15, 0.2) is 34.1 Å². The zero-order valence-corrected chi connectivity index (χ0v) is 19.2. The molecule has 0 aromatic carbocycles. The molecule has 2 aromatic heterocycles. The quantitative estimate of drug-likeness (QED) is 0.326. The zero-order valence-electron chi connectivity index (χ0n) is 17.5. The van der Waals surface area contributed by atoms with Crippen LogP contribution in [0.3, 0.4) is 0 Å². The van der Waals surface area contributed by atoms with Crippen LogP contribution in [0, 0.1) is 0 Å². The van der Waals surface area contributed by atoms with Gasteiger partial charge in [-0.3, -0.25) is 18.9 Å². The maximum absolute atomic E-state index is 13.1. The van der Waals surface area contributed by atoms with E-state index in [0.29, 0.717) is 39.3 Å². The van der Waals surface area contributed by atoms with Gasteiger partial charge in [0.1, 0.15) is 15.8 Å². The molecule has 3 heterocycles. The van der Waals surface area contributed by atoms with Gasteiger partial charge < -0.3 is 5.32 Å². The third-order valence-corrected chi connectivity index (χ3v) is 6.38. The number of thiocarbonyl (C=S) groups is 1. The number of fused-ring (bicyclic) bond motifs is 1. The van der Waals surface area contributed by atoms with Crippen LogP contribution in [0.25, 0.3) is 11.7 Å². The number of hydrogen-bond acceptors (Lipinski definition) is 6. The molecule has 1 aliphatic heterocycles. The molecule has 0 radical (unpaired) electrons. The molecule has 0 atom stereocenters. The van der Waals surface area contributed by atoms with E-state index in [1.165, 1.54) is 41.8 Å². The summed E-state index contributed by atoms with van der Waals surface area (Å²) in [6.45, 7) is 5.39. The minimum Gasteiger partial charge on any atom is -0.370 e. The lowest BCUT2D eigenvalue weighted by Gasteiger charge is -2.14. The van der Waals surface area contributed by atoms with E-state index in [1.54, 1.807) is 29.3 Å². The molecule has 1 fully saturated rings. The summed E-state index contributed by atoms with van der Waals surface area (Å²) in [5.41, 5.74) is 0.726. The summed E-state index contributed by atoms with van der Waals surface area (Å²) in [7, 11) is 0. The molecule has 0 bridgehead atoms. The summed E-state index contributed by atoms with van der Waals surface area (Å²) in [5, 5.41) is 3.14. The predicted molar refractivity (Wildman–Crippen MR) is 129 cm³/mol. The molecule has 160 valence electrons. The fourth-order valence-electron chi connectivity index (χ4n) is 3.41. The highest BCUT2D eigenvalue weighted by atomic mass is 32.2. The Morgan fingerprint density at radius 3 is 2.67 bits per heavy atom. The number of amides is 1. The van der Waals surface area contributed by atoms with Crippen molar-refractivity contribution in [1.29, 1.82) is 0 Å². The van der Waals surface area contributed by atoms with Crippen molar-refractivity contribution in [3.8, 4) is 0 Å². The first-order valence-corrected chi connectivity index (χ1v) is 11.8. The van der Waals surface area contributed by atoms with E-state index in [1.807, 2.05) is 13.0 Å². The van der Waals surface area contributed by atoms with Gasteiger partial charge in [-0.1, -0.05) is 69.1 Å². The number of carbonyl (C=O) groups is 1. The number of hydrogen-bond donors (Lipinski definition) is 1. The van der Waals surface area contributed by atoms with Gasteiger partial charge in [0, 0.05) is 19.3 Å². The minimum absolute atomic E-state index is 0.126. The van der Waals surface area contributed by atoms with Gasteiger partial charge in [0.15, 0.2) is 0 Å². The Bertz CT molecular complexity index is 1020. The summed E-state index contributed by atoms with van der Waals surface area (Å²) in [6.07, 6.45) is 10.2. The van der Waals surface area contributed by atoms with E-state index >= 15 is 0 Å². The largest absolute Gasteiger partial charge is 0.370 e. The number of rotatable bonds is 10. The topological polar surface area (TPSA) is 66.7 Å². The lowest BCUT2D eigenvalue weighted by Crippen LogP contribution is -2.29. The maximum Gasteiger partial charge on any atom is 0.267 e. The Kier molecular flexibility index (Phi) is 8.04. The van der Waals surface area contributed by atoms with Gasteiger partial charge in [0.2, 0.25) is 0 Å². The minimum atomic E-state index is -0.210. The van der Waals surface area contributed by atoms with E-state index in [2.05, 4.69) is 17.2 Å². The SMILES string of the molecule is CCCCCCCCN1C(=O)C(=Cc2c(NCC)nc3ccccn3c2=O)SC1=S. The Morgan fingerprint density at radius 1 is 1.13 bits per heavy atom. The number of nitrogens with one attached hydrogen (secondary N) is 1. The molecule has 0 unspecified atom stereocenters. The number of nitrogens with zero attached hydrogens (tertiary/aromatic N) is 3. The summed E-state index contributed by atoms with van der Waals surface area (Å²) in [6, 6.07) is 5.41. The molecular formula is C22H28N4O2S2. The highest BCUT2D eigenvalue weighted by Crippen LogP contribution is 2.33. The van der Waals surface area contributed by atoms with Gasteiger partial charge in [0.25, 0.3) is 11.5 Å². The van der Waals surface area contributed by atoms with Crippen molar-refractivity contribution in [2.24, 2.45) is 0 Å². The summed E-state index contributed by atoms with van der Waals surface area (Å²) in [5.74, 6) is 0.355. The first kappa shape index (κ1) is 22.5. The lowest BCUT2D eigenvalue weighted by atomic mass is 10.1. The maximum atomic E-state index is 13.1. The molecule has 2 aromatic rings. The molecule has 0 aliphatic carbocycles. The highest BCUT2D eigenvalue weighted by molar-refractivity contribution is 8.26. The monoisotopic (exact) mass is 444 g/mol.